The molecule has 5 rings (SSSR count). The minimum absolute atomic E-state index is 0.0161. The number of aliphatic carboxylic acids is 1. The maximum absolute atomic E-state index is 14.6. The Bertz CT molecular complexity index is 2550. The summed E-state index contributed by atoms with van der Waals surface area (Å²) in [6.45, 7) is 12.3. The summed E-state index contributed by atoms with van der Waals surface area (Å²) in [4.78, 5) is 101. The maximum atomic E-state index is 14.6. The summed E-state index contributed by atoms with van der Waals surface area (Å²) in [5.74, 6) is -6.88. The molecule has 0 aliphatic heterocycles. The molecule has 5 aromatic rings. The number of carboxylic acids is 1. The van der Waals surface area contributed by atoms with Gasteiger partial charge in [-0.25, -0.2) is 4.79 Å². The lowest BCUT2D eigenvalue weighted by Crippen LogP contribution is -2.62. The third-order valence-electron chi connectivity index (χ3n) is 12.9. The van der Waals surface area contributed by atoms with Gasteiger partial charge in [0, 0.05) is 42.8 Å². The van der Waals surface area contributed by atoms with Crippen LogP contribution in [0.25, 0.3) is 10.9 Å². The Morgan fingerprint density at radius 2 is 1.01 bits per heavy atom. The minimum Gasteiger partial charge on any atom is -0.508 e. The molecule has 0 unspecified atom stereocenters. The number of rotatable bonds is 25. The van der Waals surface area contributed by atoms with Crippen LogP contribution in [-0.4, -0.2) is 92.9 Å². The highest BCUT2D eigenvalue weighted by Gasteiger charge is 2.38. The second-order valence-electron chi connectivity index (χ2n) is 18.8. The van der Waals surface area contributed by atoms with Crippen LogP contribution in [0.5, 0.6) is 5.75 Å². The van der Waals surface area contributed by atoms with Gasteiger partial charge in [0.2, 0.25) is 35.4 Å². The first-order valence-electron chi connectivity index (χ1n) is 24.3. The van der Waals surface area contributed by atoms with Gasteiger partial charge < -0.3 is 47.1 Å². The average Bonchev–Trinajstić information content (AvgIpc) is 3.76. The van der Waals surface area contributed by atoms with Gasteiger partial charge in [-0.1, -0.05) is 145 Å². The highest BCUT2D eigenvalue weighted by Crippen LogP contribution is 2.29. The van der Waals surface area contributed by atoms with E-state index in [1.807, 2.05) is 113 Å². The smallest absolute Gasteiger partial charge is 0.326 e. The van der Waals surface area contributed by atoms with Crippen LogP contribution in [0.15, 0.2) is 115 Å². The first-order chi connectivity index (χ1) is 33.9. The van der Waals surface area contributed by atoms with Gasteiger partial charge in [0.25, 0.3) is 0 Å². The number of hydrogen-bond acceptors (Lipinski definition) is 8. The van der Waals surface area contributed by atoms with Crippen LogP contribution < -0.4 is 31.9 Å². The zero-order valence-electron chi connectivity index (χ0n) is 41.5. The lowest BCUT2D eigenvalue weighted by molar-refractivity contribution is -0.142. The molecule has 0 radical (unpaired) electrons. The van der Waals surface area contributed by atoms with Gasteiger partial charge in [-0.2, -0.15) is 0 Å². The van der Waals surface area contributed by atoms with Crippen molar-refractivity contribution in [2.75, 3.05) is 0 Å². The van der Waals surface area contributed by atoms with E-state index in [0.29, 0.717) is 24.0 Å². The molecular formula is C55H69N7O9. The lowest BCUT2D eigenvalue weighted by Gasteiger charge is -2.31. The number of aromatic amines is 1. The number of amides is 6. The molecule has 0 spiro atoms. The number of phenolic OH excluding ortho intramolecular Hbond substituents is 1. The van der Waals surface area contributed by atoms with Crippen molar-refractivity contribution in [3.63, 3.8) is 0 Å². The average molecular weight is 972 g/mol. The first kappa shape index (κ1) is 54.5. The Balaban J connectivity index is 1.40. The molecule has 9 N–H and O–H groups in total. The first-order valence-corrected chi connectivity index (χ1v) is 24.3. The highest BCUT2D eigenvalue weighted by atomic mass is 16.4. The summed E-state index contributed by atoms with van der Waals surface area (Å²) in [5.41, 5.74) is 3.58. The molecule has 8 atom stereocenters. The quantitative estimate of drug-likeness (QED) is 0.0351. The lowest BCUT2D eigenvalue weighted by atomic mass is 9.84. The Morgan fingerprint density at radius 3 is 1.55 bits per heavy atom. The molecule has 71 heavy (non-hydrogen) atoms. The fraction of sp³-hybridized carbons (Fsp3) is 0.400. The second kappa shape index (κ2) is 25.9. The summed E-state index contributed by atoms with van der Waals surface area (Å²) in [6.07, 6.45) is 2.61. The molecule has 378 valence electrons. The molecule has 1 aromatic heterocycles. The van der Waals surface area contributed by atoms with Gasteiger partial charge in [0.1, 0.15) is 42.0 Å². The molecule has 0 aliphatic rings. The molecule has 4 aromatic carbocycles. The second-order valence-corrected chi connectivity index (χ2v) is 18.8. The molecular weight excluding hydrogens is 903 g/mol. The summed E-state index contributed by atoms with van der Waals surface area (Å²) in [5, 5.41) is 38.0. The van der Waals surface area contributed by atoms with Crippen molar-refractivity contribution in [1.29, 1.82) is 0 Å². The van der Waals surface area contributed by atoms with Gasteiger partial charge >= 0.3 is 5.97 Å². The molecule has 0 saturated heterocycles. The Morgan fingerprint density at radius 1 is 0.535 bits per heavy atom. The number of phenols is 1. The standard InChI is InChI=1S/C55H69N7O9/c1-8-33(5)47(52(67)60-45(55(70)71)30-39-31-56-42-23-17-16-22-41(39)42)62-53(68)48(34(6)9-2)61-51(66)44(29-36-24-26-40(64)27-25-36)58-50(65)43(28-32(3)4)59-54(69)49(57-35(7)63)46(37-18-12-10-13-19-37)38-20-14-11-15-21-38/h10-27,31-34,43-49,56,64H,8-9,28-30H2,1-7H3,(H,57,63)(H,58,65)(H,59,69)(H,60,67)(H,61,66)(H,62,68)(H,70,71)/t33-,34-,43-,44-,45-,47-,48-,49+/m0/s1. The Kier molecular flexibility index (Phi) is 19.9. The number of benzene rings is 4. The van der Waals surface area contributed by atoms with E-state index < -0.39 is 95.4 Å². The van der Waals surface area contributed by atoms with Gasteiger partial charge in [-0.05, 0) is 64.6 Å². The molecule has 0 bridgehead atoms. The molecule has 0 fully saturated rings. The molecule has 16 heteroatoms. The number of fused-ring (bicyclic) bond motifs is 1. The molecule has 6 amide bonds. The van der Waals surface area contributed by atoms with E-state index in [-0.39, 0.29) is 30.9 Å². The predicted octanol–water partition coefficient (Wildman–Crippen LogP) is 5.64. The summed E-state index contributed by atoms with van der Waals surface area (Å²) in [7, 11) is 0. The summed E-state index contributed by atoms with van der Waals surface area (Å²) < 4.78 is 0. The van der Waals surface area contributed by atoms with E-state index in [2.05, 4.69) is 36.9 Å². The number of carboxylic acid groups (broad SMARTS) is 1. The van der Waals surface area contributed by atoms with E-state index in [0.717, 1.165) is 22.0 Å². The molecule has 0 aliphatic carbocycles. The molecule has 16 nitrogen and oxygen atoms in total. The van der Waals surface area contributed by atoms with E-state index in [1.165, 1.54) is 19.1 Å². The molecule has 1 heterocycles. The Labute approximate surface area is 415 Å². The number of carbonyl (C=O) groups excluding carboxylic acids is 6. The van der Waals surface area contributed by atoms with Gasteiger partial charge in [0.05, 0.1) is 0 Å². The fourth-order valence-corrected chi connectivity index (χ4v) is 8.61. The van der Waals surface area contributed by atoms with E-state index in [1.54, 1.807) is 32.2 Å². The zero-order valence-corrected chi connectivity index (χ0v) is 41.5. The highest BCUT2D eigenvalue weighted by molar-refractivity contribution is 5.97. The van der Waals surface area contributed by atoms with Crippen molar-refractivity contribution in [3.8, 4) is 5.75 Å². The monoisotopic (exact) mass is 972 g/mol. The van der Waals surface area contributed by atoms with Crippen molar-refractivity contribution in [3.05, 3.63) is 138 Å². The summed E-state index contributed by atoms with van der Waals surface area (Å²) in [6, 6.07) is 24.6. The number of H-pyrrole nitrogens is 1. The number of aromatic hydroxyl groups is 1. The topological polar surface area (TPSA) is 248 Å². The van der Waals surface area contributed by atoms with Gasteiger partial charge in [-0.3, -0.25) is 28.8 Å². The Hall–Kier alpha value is -7.49. The summed E-state index contributed by atoms with van der Waals surface area (Å²) >= 11 is 0. The van der Waals surface area contributed by atoms with Gasteiger partial charge in [-0.15, -0.1) is 0 Å². The number of aromatic nitrogens is 1. The largest absolute Gasteiger partial charge is 0.508 e. The predicted molar refractivity (Wildman–Crippen MR) is 272 cm³/mol. The molecule has 0 saturated carbocycles. The SMILES string of the molecule is CC[C@H](C)[C@H](NC(=O)[C@H](Cc1ccc(O)cc1)NC(=O)[C@H](CC(C)C)NC(=O)[C@H](NC(C)=O)C(c1ccccc1)c1ccccc1)C(=O)N[C@H](C(=O)N[C@@H](Cc1c[nH]c2ccccc12)C(=O)O)[C@@H](C)CC. The van der Waals surface area contributed by atoms with E-state index in [4.69, 9.17) is 0 Å². The normalized spacial score (nSPS) is 14.7. The van der Waals surface area contributed by atoms with Gasteiger partial charge in [0.15, 0.2) is 0 Å². The van der Waals surface area contributed by atoms with Crippen LogP contribution in [0.3, 0.4) is 0 Å². The van der Waals surface area contributed by atoms with Crippen LogP contribution in [0.1, 0.15) is 95.9 Å². The van der Waals surface area contributed by atoms with Crippen LogP contribution in [-0.2, 0) is 46.4 Å². The van der Waals surface area contributed by atoms with Crippen molar-refractivity contribution in [2.45, 2.75) is 123 Å². The third-order valence-corrected chi connectivity index (χ3v) is 12.9. The van der Waals surface area contributed by atoms with Crippen molar-refractivity contribution < 1.29 is 43.8 Å². The third kappa shape index (κ3) is 15.2. The minimum atomic E-state index is -1.32. The van der Waals surface area contributed by atoms with E-state index in [9.17, 15) is 43.8 Å². The number of para-hydroxylation sites is 1. The fourth-order valence-electron chi connectivity index (χ4n) is 8.61. The maximum Gasteiger partial charge on any atom is 0.326 e. The van der Waals surface area contributed by atoms with Crippen LogP contribution in [0, 0.1) is 17.8 Å². The van der Waals surface area contributed by atoms with Crippen molar-refractivity contribution >= 4 is 52.3 Å². The van der Waals surface area contributed by atoms with Crippen molar-refractivity contribution in [2.24, 2.45) is 17.8 Å². The number of nitrogens with one attached hydrogen (secondary N) is 7. The van der Waals surface area contributed by atoms with E-state index >= 15 is 0 Å². The number of carbonyl (C=O) groups is 7. The van der Waals surface area contributed by atoms with Crippen molar-refractivity contribution in [1.82, 2.24) is 36.9 Å². The van der Waals surface area contributed by atoms with Crippen LogP contribution in [0.4, 0.5) is 0 Å². The van der Waals surface area contributed by atoms with Crippen LogP contribution >= 0.6 is 0 Å². The zero-order chi connectivity index (χ0) is 51.8. The number of hydrogen-bond donors (Lipinski definition) is 9. The van der Waals surface area contributed by atoms with Crippen LogP contribution in [0.2, 0.25) is 0 Å².